The number of aromatic nitrogens is 2. The van der Waals surface area contributed by atoms with Crippen molar-refractivity contribution in [2.45, 2.75) is 20.0 Å². The Morgan fingerprint density at radius 2 is 2.05 bits per heavy atom. The molecule has 8 heteroatoms. The zero-order chi connectivity index (χ0) is 15.2. The molecule has 2 aromatic rings. The highest BCUT2D eigenvalue weighted by atomic mass is 19.1. The van der Waals surface area contributed by atoms with Gasteiger partial charge in [-0.15, -0.1) is 0 Å². The Morgan fingerprint density at radius 1 is 1.29 bits per heavy atom. The summed E-state index contributed by atoms with van der Waals surface area (Å²) in [5, 5.41) is 9.54. The highest BCUT2D eigenvalue weighted by molar-refractivity contribution is 5.79. The van der Waals surface area contributed by atoms with Crippen molar-refractivity contribution in [1.82, 2.24) is 20.8 Å². The molecule has 1 aromatic heterocycles. The van der Waals surface area contributed by atoms with E-state index >= 15 is 0 Å². The van der Waals surface area contributed by atoms with E-state index in [1.54, 1.807) is 14.0 Å². The zero-order valence-corrected chi connectivity index (χ0v) is 11.7. The largest absolute Gasteiger partial charge is 0.352 e. The molecule has 21 heavy (non-hydrogen) atoms. The molecule has 2 N–H and O–H groups in total. The van der Waals surface area contributed by atoms with Crippen LogP contribution in [-0.4, -0.2) is 23.1 Å². The Hall–Kier alpha value is -2.51. The van der Waals surface area contributed by atoms with E-state index in [1.165, 1.54) is 0 Å². The van der Waals surface area contributed by atoms with Crippen molar-refractivity contribution in [1.29, 1.82) is 0 Å². The molecule has 0 unspecified atom stereocenters. The van der Waals surface area contributed by atoms with Gasteiger partial charge in [0, 0.05) is 26.1 Å². The van der Waals surface area contributed by atoms with Gasteiger partial charge in [-0.05, 0) is 18.2 Å². The minimum Gasteiger partial charge on any atom is -0.352 e. The van der Waals surface area contributed by atoms with Crippen LogP contribution in [0.3, 0.4) is 0 Å². The van der Waals surface area contributed by atoms with Gasteiger partial charge >= 0.3 is 0 Å². The number of hydrogen-bond acceptors (Lipinski definition) is 4. The van der Waals surface area contributed by atoms with E-state index in [1.807, 2.05) is 0 Å². The quantitative estimate of drug-likeness (QED) is 0.661. The summed E-state index contributed by atoms with van der Waals surface area (Å²) < 4.78 is 31.4. The van der Waals surface area contributed by atoms with Crippen LogP contribution in [0.2, 0.25) is 0 Å². The average molecular weight is 295 g/mol. The number of benzene rings is 1. The second-order valence-electron chi connectivity index (χ2n) is 4.24. The van der Waals surface area contributed by atoms with Gasteiger partial charge in [0.25, 0.3) is 0 Å². The lowest BCUT2D eigenvalue weighted by Gasteiger charge is -2.11. The Labute approximate surface area is 120 Å². The van der Waals surface area contributed by atoms with E-state index in [0.29, 0.717) is 24.2 Å². The van der Waals surface area contributed by atoms with Crippen molar-refractivity contribution in [2.75, 3.05) is 7.05 Å². The van der Waals surface area contributed by atoms with Crippen LogP contribution in [0, 0.1) is 18.6 Å². The molecule has 1 heterocycles. The maximum atomic E-state index is 13.5. The van der Waals surface area contributed by atoms with Gasteiger partial charge in [0.2, 0.25) is 5.89 Å². The highest BCUT2D eigenvalue weighted by Gasteiger charge is 2.06. The number of aryl methyl sites for hydroxylation is 1. The standard InChI is InChI=1S/C13H15F2N5O/c1-8-19-12(20-21-8)7-18-13(16-2)17-6-9-5-10(14)3-4-11(9)15/h3-5H,6-7H2,1-2H3,(H2,16,17,18). The van der Waals surface area contributed by atoms with Crippen molar-refractivity contribution in [3.05, 3.63) is 47.1 Å². The number of guanidine groups is 1. The molecule has 0 aliphatic rings. The Bertz CT molecular complexity index is 641. The molecule has 0 saturated heterocycles. The molecule has 0 amide bonds. The van der Waals surface area contributed by atoms with Crippen molar-refractivity contribution in [3.8, 4) is 0 Å². The molecule has 0 aliphatic heterocycles. The molecule has 112 valence electrons. The molecule has 0 fully saturated rings. The third-order valence-corrected chi connectivity index (χ3v) is 2.66. The van der Waals surface area contributed by atoms with Crippen LogP contribution >= 0.6 is 0 Å². The van der Waals surface area contributed by atoms with Crippen LogP contribution in [-0.2, 0) is 13.1 Å². The number of rotatable bonds is 4. The summed E-state index contributed by atoms with van der Waals surface area (Å²) in [5.74, 6) is 0.400. The maximum Gasteiger partial charge on any atom is 0.223 e. The summed E-state index contributed by atoms with van der Waals surface area (Å²) >= 11 is 0. The molecule has 2 rings (SSSR count). The number of nitrogens with one attached hydrogen (secondary N) is 2. The SMILES string of the molecule is CN=C(NCc1noc(C)n1)NCc1cc(F)ccc1F. The van der Waals surface area contributed by atoms with Crippen LogP contribution in [0.4, 0.5) is 8.78 Å². The maximum absolute atomic E-state index is 13.5. The normalized spacial score (nSPS) is 11.5. The number of aliphatic imine (C=N–C) groups is 1. The van der Waals surface area contributed by atoms with E-state index < -0.39 is 11.6 Å². The molecule has 0 radical (unpaired) electrons. The lowest BCUT2D eigenvalue weighted by Crippen LogP contribution is -2.36. The summed E-state index contributed by atoms with van der Waals surface area (Å²) in [6, 6.07) is 3.30. The molecule has 0 aliphatic carbocycles. The molecule has 1 aromatic carbocycles. The van der Waals surface area contributed by atoms with E-state index in [4.69, 9.17) is 4.52 Å². The van der Waals surface area contributed by atoms with Gasteiger partial charge in [0.15, 0.2) is 11.8 Å². The third-order valence-electron chi connectivity index (χ3n) is 2.66. The van der Waals surface area contributed by atoms with E-state index in [0.717, 1.165) is 18.2 Å². The summed E-state index contributed by atoms with van der Waals surface area (Å²) in [6.07, 6.45) is 0. The monoisotopic (exact) mass is 295 g/mol. The van der Waals surface area contributed by atoms with E-state index in [2.05, 4.69) is 25.8 Å². The lowest BCUT2D eigenvalue weighted by molar-refractivity contribution is 0.387. The van der Waals surface area contributed by atoms with Crippen LogP contribution in [0.25, 0.3) is 0 Å². The average Bonchev–Trinajstić information content (AvgIpc) is 2.88. The smallest absolute Gasteiger partial charge is 0.223 e. The van der Waals surface area contributed by atoms with Gasteiger partial charge in [0.05, 0.1) is 6.54 Å². The van der Waals surface area contributed by atoms with Crippen LogP contribution in [0.1, 0.15) is 17.3 Å². The molecular formula is C13H15F2N5O. The number of nitrogens with zero attached hydrogens (tertiary/aromatic N) is 3. The first kappa shape index (κ1) is 14.9. The summed E-state index contributed by atoms with van der Waals surface area (Å²) in [4.78, 5) is 8.00. The van der Waals surface area contributed by atoms with Gasteiger partial charge in [-0.25, -0.2) is 8.78 Å². The molecule has 0 atom stereocenters. The molecule has 0 spiro atoms. The molecule has 0 bridgehead atoms. The predicted molar refractivity (Wildman–Crippen MR) is 72.4 cm³/mol. The van der Waals surface area contributed by atoms with Crippen molar-refractivity contribution in [3.63, 3.8) is 0 Å². The van der Waals surface area contributed by atoms with Gasteiger partial charge < -0.3 is 15.2 Å². The van der Waals surface area contributed by atoms with Crippen molar-refractivity contribution < 1.29 is 13.3 Å². The van der Waals surface area contributed by atoms with Gasteiger partial charge in [-0.3, -0.25) is 4.99 Å². The van der Waals surface area contributed by atoms with E-state index in [-0.39, 0.29) is 12.1 Å². The minimum atomic E-state index is -0.488. The van der Waals surface area contributed by atoms with Gasteiger partial charge in [-0.2, -0.15) is 4.98 Å². The molecule has 6 nitrogen and oxygen atoms in total. The predicted octanol–water partition coefficient (Wildman–Crippen LogP) is 1.52. The van der Waals surface area contributed by atoms with Crippen LogP contribution < -0.4 is 10.6 Å². The van der Waals surface area contributed by atoms with Crippen molar-refractivity contribution in [2.24, 2.45) is 4.99 Å². The third kappa shape index (κ3) is 4.23. The number of halogens is 2. The fourth-order valence-electron chi connectivity index (χ4n) is 1.65. The van der Waals surface area contributed by atoms with E-state index in [9.17, 15) is 8.78 Å². The Kier molecular flexibility index (Phi) is 4.81. The van der Waals surface area contributed by atoms with Gasteiger partial charge in [-0.1, -0.05) is 5.16 Å². The van der Waals surface area contributed by atoms with Crippen molar-refractivity contribution >= 4 is 5.96 Å². The summed E-state index contributed by atoms with van der Waals surface area (Å²) in [6.45, 7) is 2.10. The van der Waals surface area contributed by atoms with Gasteiger partial charge in [0.1, 0.15) is 11.6 Å². The minimum absolute atomic E-state index is 0.106. The zero-order valence-electron chi connectivity index (χ0n) is 11.7. The lowest BCUT2D eigenvalue weighted by atomic mass is 10.2. The Morgan fingerprint density at radius 3 is 2.71 bits per heavy atom. The first-order valence-corrected chi connectivity index (χ1v) is 6.26. The first-order chi connectivity index (χ1) is 10.1. The Balaban J connectivity index is 1.89. The second-order valence-corrected chi connectivity index (χ2v) is 4.24. The van der Waals surface area contributed by atoms with Crippen LogP contribution in [0.5, 0.6) is 0 Å². The first-order valence-electron chi connectivity index (χ1n) is 6.26. The fraction of sp³-hybridized carbons (Fsp3) is 0.308. The summed E-state index contributed by atoms with van der Waals surface area (Å²) in [7, 11) is 1.57. The highest BCUT2D eigenvalue weighted by Crippen LogP contribution is 2.09. The van der Waals surface area contributed by atoms with Crippen LogP contribution in [0.15, 0.2) is 27.7 Å². The second kappa shape index (κ2) is 6.78. The topological polar surface area (TPSA) is 75.3 Å². The molecular weight excluding hydrogens is 280 g/mol. The fourth-order valence-corrected chi connectivity index (χ4v) is 1.65. The molecule has 0 saturated carbocycles. The number of hydrogen-bond donors (Lipinski definition) is 2. The summed E-state index contributed by atoms with van der Waals surface area (Å²) in [5.41, 5.74) is 0.216.